The molecule has 0 aliphatic carbocycles. The van der Waals surface area contributed by atoms with Crippen LogP contribution in [0.25, 0.3) is 10.1 Å². The minimum absolute atomic E-state index is 0.117. The predicted molar refractivity (Wildman–Crippen MR) is 312 cm³/mol. The third-order valence-corrected chi connectivity index (χ3v) is 21.3. The van der Waals surface area contributed by atoms with Crippen LogP contribution in [0.2, 0.25) is 0 Å². The van der Waals surface area contributed by atoms with Gasteiger partial charge in [0.15, 0.2) is 8.07 Å². The van der Waals surface area contributed by atoms with Crippen molar-refractivity contribution < 1.29 is 20.6 Å². The van der Waals surface area contributed by atoms with Gasteiger partial charge in [0.1, 0.15) is 0 Å². The summed E-state index contributed by atoms with van der Waals surface area (Å²) in [5.41, 5.74) is 9.02. The lowest BCUT2D eigenvalue weighted by Crippen LogP contribution is -2.74. The van der Waals surface area contributed by atoms with Crippen LogP contribution in [-0.2, 0) is 21.7 Å². The van der Waals surface area contributed by atoms with E-state index in [1.54, 1.807) is 17.4 Å². The number of benzene rings is 7. The molecule has 4 heterocycles. The summed E-state index contributed by atoms with van der Waals surface area (Å²) < 4.78 is 144. The Morgan fingerprint density at radius 3 is 1.31 bits per heavy atom. The molecule has 6 heteroatoms. The Balaban J connectivity index is 1.41. The molecule has 2 aliphatic rings. The van der Waals surface area contributed by atoms with Crippen LogP contribution in [0.1, 0.15) is 126 Å². The molecule has 0 unspecified atom stereocenters. The Morgan fingerprint density at radius 1 is 0.429 bits per heavy atom. The molecule has 0 fully saturated rings. The number of nitrogens with zero attached hydrogens (tertiary/aromatic N) is 2. The molecule has 9 aromatic rings. The molecule has 0 saturated carbocycles. The second-order valence-electron chi connectivity index (χ2n) is 22.8. The minimum atomic E-state index is -5.55. The molecule has 0 saturated heterocycles. The first-order valence-corrected chi connectivity index (χ1v) is 27.5. The van der Waals surface area contributed by atoms with E-state index in [4.69, 9.17) is 4.11 Å². The average Bonchev–Trinajstić information content (AvgIpc) is 1.67. The van der Waals surface area contributed by atoms with Crippen LogP contribution >= 0.6 is 22.7 Å². The zero-order valence-corrected chi connectivity index (χ0v) is 44.5. The van der Waals surface area contributed by atoms with Gasteiger partial charge in [0.2, 0.25) is 0 Å². The number of hydrogen-bond donors (Lipinski definition) is 0. The van der Waals surface area contributed by atoms with Crippen LogP contribution in [0.15, 0.2) is 176 Å². The van der Waals surface area contributed by atoms with E-state index in [0.717, 1.165) is 71.0 Å². The normalized spacial score (nSPS) is 16.9. The maximum absolute atomic E-state index is 9.96. The lowest BCUT2D eigenvalue weighted by molar-refractivity contribution is 0.590. The molecule has 7 aromatic carbocycles. The summed E-state index contributed by atoms with van der Waals surface area (Å²) in [6.07, 6.45) is 0. The van der Waals surface area contributed by atoms with Crippen molar-refractivity contribution in [1.82, 2.24) is 0 Å². The summed E-state index contributed by atoms with van der Waals surface area (Å²) in [6, 6.07) is 17.9. The Bertz CT molecular complexity index is 4070. The van der Waals surface area contributed by atoms with Crippen molar-refractivity contribution >= 4 is 117 Å². The first-order chi connectivity index (χ1) is 39.5. The average molecular weight is 980 g/mol. The van der Waals surface area contributed by atoms with Gasteiger partial charge in [-0.2, -0.15) is 11.3 Å². The van der Waals surface area contributed by atoms with Crippen molar-refractivity contribution in [2.45, 2.75) is 105 Å². The molecule has 2 nitrogen and oxygen atoms in total. The highest BCUT2D eigenvalue weighted by Gasteiger charge is 2.50. The quantitative estimate of drug-likeness (QED) is 0.121. The van der Waals surface area contributed by atoms with Crippen LogP contribution in [0, 0.1) is 0 Å². The Labute approximate surface area is 447 Å². The van der Waals surface area contributed by atoms with Gasteiger partial charge in [-0.1, -0.05) is 210 Å². The zero-order valence-electron chi connectivity index (χ0n) is 56.9. The fourth-order valence-corrected chi connectivity index (χ4v) is 17.6. The molecule has 0 atom stereocenters. The molecule has 0 bridgehead atoms. The summed E-state index contributed by atoms with van der Waals surface area (Å²) >= 11 is 2.83. The Morgan fingerprint density at radius 2 is 0.857 bits per heavy atom. The van der Waals surface area contributed by atoms with Gasteiger partial charge in [-0.05, 0) is 124 Å². The standard InChI is InChI=1S/C64H65BN2S2Si/c1-61(2,3)42-28-33-46(34-29-42)66-52-39-45(64(10,11)12)40-53-58(52)65(57-51-38-44(63(7,8)9)32-37-55(51)68-60(57)67(53)47-35-30-43(31-36-47)62(4,5)6)59-54(66)41-56(69-59)70(48-22-16-13-17-23-48,49-24-18-14-19-25-49)50-26-20-15-21-27-50/h13-41H,1-12H3/i13D,14D,15D,16D,17D,18D,19D,20D,21D,22D,23D,24D,25D,26D,27D. The van der Waals surface area contributed by atoms with E-state index < -0.39 is 126 Å². The molecule has 2 aliphatic heterocycles. The third kappa shape index (κ3) is 7.56. The Kier molecular flexibility index (Phi) is 7.61. The van der Waals surface area contributed by atoms with Crippen molar-refractivity contribution in [3.63, 3.8) is 0 Å². The predicted octanol–water partition coefficient (Wildman–Crippen LogP) is 13.6. The van der Waals surface area contributed by atoms with Gasteiger partial charge in [0, 0.05) is 36.7 Å². The fraction of sp³-hybridized carbons (Fsp3) is 0.250. The maximum Gasteiger partial charge on any atom is 0.266 e. The Hall–Kier alpha value is -5.92. The second kappa shape index (κ2) is 16.6. The van der Waals surface area contributed by atoms with Gasteiger partial charge in [0.05, 0.1) is 31.2 Å². The van der Waals surface area contributed by atoms with Gasteiger partial charge < -0.3 is 9.80 Å². The van der Waals surface area contributed by atoms with Gasteiger partial charge in [-0.15, -0.1) is 11.3 Å². The molecule has 350 valence electrons. The maximum atomic E-state index is 9.96. The van der Waals surface area contributed by atoms with Gasteiger partial charge >= 0.3 is 0 Å². The summed E-state index contributed by atoms with van der Waals surface area (Å²) in [6.45, 7) is 25.4. The lowest BCUT2D eigenvalue weighted by Gasteiger charge is -2.43. The molecule has 70 heavy (non-hydrogen) atoms. The molecule has 0 amide bonds. The topological polar surface area (TPSA) is 6.48 Å². The first kappa shape index (κ1) is 32.1. The second-order valence-corrected chi connectivity index (χ2v) is 28.8. The summed E-state index contributed by atoms with van der Waals surface area (Å²) in [7, 11) is -5.55. The highest BCUT2D eigenvalue weighted by molar-refractivity contribution is 7.43. The van der Waals surface area contributed by atoms with E-state index in [-0.39, 0.29) is 20.7 Å². The number of hydrogen-bond acceptors (Lipinski definition) is 4. The largest absolute Gasteiger partial charge is 0.311 e. The molecule has 0 radical (unpaired) electrons. The number of fused-ring (bicyclic) bond motifs is 6. The van der Waals surface area contributed by atoms with E-state index in [9.17, 15) is 16.4 Å². The fourth-order valence-electron chi connectivity index (χ4n) is 10.2. The smallest absolute Gasteiger partial charge is 0.266 e. The minimum Gasteiger partial charge on any atom is -0.311 e. The van der Waals surface area contributed by atoms with Crippen molar-refractivity contribution in [1.29, 1.82) is 0 Å². The zero-order chi connectivity index (χ0) is 62.2. The summed E-state index contributed by atoms with van der Waals surface area (Å²) in [5.74, 6) is 0. The van der Waals surface area contributed by atoms with Crippen molar-refractivity contribution in [3.05, 3.63) is 198 Å². The van der Waals surface area contributed by atoms with Crippen LogP contribution in [-0.4, -0.2) is 14.8 Å². The van der Waals surface area contributed by atoms with E-state index in [1.807, 2.05) is 0 Å². The van der Waals surface area contributed by atoms with Crippen LogP contribution in [0.5, 0.6) is 0 Å². The van der Waals surface area contributed by atoms with Crippen LogP contribution in [0.4, 0.5) is 33.4 Å². The van der Waals surface area contributed by atoms with Gasteiger partial charge in [-0.3, -0.25) is 0 Å². The van der Waals surface area contributed by atoms with Crippen molar-refractivity contribution in [2.24, 2.45) is 0 Å². The monoisotopic (exact) mass is 980 g/mol. The van der Waals surface area contributed by atoms with Crippen molar-refractivity contribution in [3.8, 4) is 0 Å². The molecule has 0 spiro atoms. The summed E-state index contributed by atoms with van der Waals surface area (Å²) in [4.78, 5) is 4.51. The summed E-state index contributed by atoms with van der Waals surface area (Å²) in [5, 5.41) is 0.364. The first-order valence-electron chi connectivity index (χ1n) is 31.4. The molecular formula is C64H65BN2S2Si. The van der Waals surface area contributed by atoms with Crippen LogP contribution in [0.3, 0.4) is 0 Å². The van der Waals surface area contributed by atoms with Gasteiger partial charge in [-0.25, -0.2) is 0 Å². The molecular weight excluding hydrogens is 900 g/mol. The third-order valence-electron chi connectivity index (χ3n) is 14.1. The van der Waals surface area contributed by atoms with E-state index in [1.165, 1.54) is 11.3 Å². The van der Waals surface area contributed by atoms with Crippen molar-refractivity contribution in [2.75, 3.05) is 9.80 Å². The number of anilines is 6. The highest BCUT2D eigenvalue weighted by Crippen LogP contribution is 2.50. The van der Waals surface area contributed by atoms with Crippen LogP contribution < -0.4 is 45.6 Å². The SMILES string of the molecule is [2H]c1c([2H])c([2H])c([Si](c2cc3c(s2)B2c4c(cc(C(C)(C)C)cc4N(c4ccc(C(C)(C)C)cc4)c4sc5ccc(C(C)(C)C)cc5c42)N3c2ccc(C(C)(C)C)cc2)(c2c([2H])c([2H])c([2H])c([2H])c2[2H])c2c([2H])c([2H])c([2H])c([2H])c2[2H])c([2H])c1[2H]. The molecule has 2 aromatic heterocycles. The number of rotatable bonds is 6. The molecule has 11 rings (SSSR count). The van der Waals surface area contributed by atoms with E-state index in [2.05, 4.69) is 172 Å². The molecule has 0 N–H and O–H groups in total. The van der Waals surface area contributed by atoms with E-state index >= 15 is 0 Å². The van der Waals surface area contributed by atoms with E-state index in [0.29, 0.717) is 10.5 Å². The van der Waals surface area contributed by atoms with Gasteiger partial charge in [0.25, 0.3) is 6.71 Å². The highest BCUT2D eigenvalue weighted by atomic mass is 32.1. The lowest BCUT2D eigenvalue weighted by atomic mass is 9.36. The number of thiophene rings is 2.